The Hall–Kier alpha value is -1.61. The van der Waals surface area contributed by atoms with Crippen molar-refractivity contribution < 1.29 is 0 Å². The summed E-state index contributed by atoms with van der Waals surface area (Å²) in [5.74, 6) is 1.51. The summed E-state index contributed by atoms with van der Waals surface area (Å²) in [6, 6.07) is 10.2. The number of benzene rings is 1. The van der Waals surface area contributed by atoms with Crippen molar-refractivity contribution in [2.75, 3.05) is 5.32 Å². The number of nitrogens with one attached hydrogen (secondary N) is 1. The van der Waals surface area contributed by atoms with Crippen LogP contribution < -0.4 is 5.32 Å². The highest BCUT2D eigenvalue weighted by atomic mass is 35.5. The molecule has 3 nitrogen and oxygen atoms in total. The topological polar surface area (TPSA) is 37.8 Å². The van der Waals surface area contributed by atoms with Gasteiger partial charge in [0.1, 0.15) is 16.8 Å². The molecule has 1 heterocycles. The normalized spacial score (nSPS) is 11.4. The van der Waals surface area contributed by atoms with Crippen LogP contribution in [0, 0.1) is 6.92 Å². The molecule has 0 aliphatic heterocycles. The van der Waals surface area contributed by atoms with E-state index >= 15 is 0 Å². The predicted octanol–water partition coefficient (Wildman–Crippen LogP) is 4.35. The van der Waals surface area contributed by atoms with Crippen molar-refractivity contribution in [3.8, 4) is 0 Å². The first-order chi connectivity index (χ1) is 9.34. The molecule has 1 aromatic heterocycles. The average molecular weight is 290 g/mol. The molecule has 0 radical (unpaired) electrons. The fourth-order valence-corrected chi connectivity index (χ4v) is 1.93. The molecular weight excluding hydrogens is 270 g/mol. The summed E-state index contributed by atoms with van der Waals surface area (Å²) in [5.41, 5.74) is 2.35. The first-order valence-electron chi connectivity index (χ1n) is 6.69. The fourth-order valence-electron chi connectivity index (χ4n) is 1.74. The third kappa shape index (κ3) is 3.94. The molecule has 106 valence electrons. The van der Waals surface area contributed by atoms with Crippen LogP contribution in [0.15, 0.2) is 30.3 Å². The second kappa shape index (κ2) is 5.80. The van der Waals surface area contributed by atoms with Crippen LogP contribution in [-0.4, -0.2) is 9.97 Å². The third-order valence-corrected chi connectivity index (χ3v) is 3.15. The van der Waals surface area contributed by atoms with E-state index in [4.69, 9.17) is 11.6 Å². The number of rotatable bonds is 3. The van der Waals surface area contributed by atoms with E-state index in [-0.39, 0.29) is 5.41 Å². The highest BCUT2D eigenvalue weighted by molar-refractivity contribution is 6.29. The minimum Gasteiger partial charge on any atom is -0.366 e. The molecule has 0 saturated heterocycles. The molecule has 0 amide bonds. The summed E-state index contributed by atoms with van der Waals surface area (Å²) in [7, 11) is 0. The number of aromatic nitrogens is 2. The third-order valence-electron chi connectivity index (χ3n) is 2.96. The predicted molar refractivity (Wildman–Crippen MR) is 84.2 cm³/mol. The lowest BCUT2D eigenvalue weighted by Crippen LogP contribution is -2.17. The second-order valence-electron chi connectivity index (χ2n) is 5.99. The van der Waals surface area contributed by atoms with Gasteiger partial charge in [0.2, 0.25) is 0 Å². The first-order valence-corrected chi connectivity index (χ1v) is 7.07. The maximum Gasteiger partial charge on any atom is 0.137 e. The van der Waals surface area contributed by atoms with Gasteiger partial charge in [-0.3, -0.25) is 0 Å². The van der Waals surface area contributed by atoms with Gasteiger partial charge in [0, 0.05) is 18.0 Å². The highest BCUT2D eigenvalue weighted by Gasteiger charge is 2.18. The minimum absolute atomic E-state index is 0.120. The van der Waals surface area contributed by atoms with Crippen molar-refractivity contribution in [3.05, 3.63) is 52.4 Å². The monoisotopic (exact) mass is 289 g/mol. The van der Waals surface area contributed by atoms with Crippen LogP contribution in [0.25, 0.3) is 0 Å². The summed E-state index contributed by atoms with van der Waals surface area (Å²) in [6.07, 6.45) is 0. The number of hydrogen-bond donors (Lipinski definition) is 1. The Balaban J connectivity index is 2.13. The molecule has 4 heteroatoms. The molecule has 2 aromatic rings. The molecule has 0 aliphatic rings. The van der Waals surface area contributed by atoms with Crippen LogP contribution >= 0.6 is 11.6 Å². The van der Waals surface area contributed by atoms with Gasteiger partial charge in [-0.15, -0.1) is 0 Å². The molecule has 0 atom stereocenters. The summed E-state index contributed by atoms with van der Waals surface area (Å²) in [5, 5.41) is 3.77. The Morgan fingerprint density at radius 1 is 1.10 bits per heavy atom. The molecule has 0 unspecified atom stereocenters. The van der Waals surface area contributed by atoms with E-state index in [1.165, 1.54) is 11.1 Å². The average Bonchev–Trinajstić information content (AvgIpc) is 2.36. The molecule has 0 bridgehead atoms. The Morgan fingerprint density at radius 2 is 1.75 bits per heavy atom. The molecule has 0 spiro atoms. The summed E-state index contributed by atoms with van der Waals surface area (Å²) in [6.45, 7) is 9.02. The van der Waals surface area contributed by atoms with Crippen molar-refractivity contribution in [2.45, 2.75) is 39.7 Å². The van der Waals surface area contributed by atoms with Gasteiger partial charge < -0.3 is 5.32 Å². The SMILES string of the molecule is Cc1ccc(CNc2cc(Cl)nc(C(C)(C)C)n2)cc1. The Bertz CT molecular complexity index is 586. The van der Waals surface area contributed by atoms with Gasteiger partial charge in [0.05, 0.1) is 0 Å². The van der Waals surface area contributed by atoms with Crippen molar-refractivity contribution in [1.29, 1.82) is 0 Å². The van der Waals surface area contributed by atoms with Crippen molar-refractivity contribution >= 4 is 17.4 Å². The van der Waals surface area contributed by atoms with E-state index in [0.29, 0.717) is 5.15 Å². The Labute approximate surface area is 125 Å². The van der Waals surface area contributed by atoms with Crippen LogP contribution in [0.2, 0.25) is 5.15 Å². The van der Waals surface area contributed by atoms with E-state index in [1.807, 2.05) is 0 Å². The van der Waals surface area contributed by atoms with Crippen LogP contribution in [0.5, 0.6) is 0 Å². The van der Waals surface area contributed by atoms with Gasteiger partial charge in [-0.1, -0.05) is 62.2 Å². The number of aryl methyl sites for hydroxylation is 1. The van der Waals surface area contributed by atoms with E-state index in [9.17, 15) is 0 Å². The zero-order valence-electron chi connectivity index (χ0n) is 12.4. The maximum atomic E-state index is 6.07. The lowest BCUT2D eigenvalue weighted by atomic mass is 9.96. The highest BCUT2D eigenvalue weighted by Crippen LogP contribution is 2.22. The largest absolute Gasteiger partial charge is 0.366 e. The zero-order valence-corrected chi connectivity index (χ0v) is 13.1. The summed E-state index contributed by atoms with van der Waals surface area (Å²) in [4.78, 5) is 8.82. The lowest BCUT2D eigenvalue weighted by molar-refractivity contribution is 0.546. The molecule has 0 aliphatic carbocycles. The van der Waals surface area contributed by atoms with Gasteiger partial charge in [-0.05, 0) is 12.5 Å². The van der Waals surface area contributed by atoms with Crippen molar-refractivity contribution in [3.63, 3.8) is 0 Å². The molecule has 1 N–H and O–H groups in total. The Morgan fingerprint density at radius 3 is 2.35 bits per heavy atom. The van der Waals surface area contributed by atoms with Crippen LogP contribution in [0.1, 0.15) is 37.7 Å². The standard InChI is InChI=1S/C16H20ClN3/c1-11-5-7-12(8-6-11)10-18-14-9-13(17)19-15(20-14)16(2,3)4/h5-9H,10H2,1-4H3,(H,18,19,20). The quantitative estimate of drug-likeness (QED) is 0.854. The number of nitrogens with zero attached hydrogens (tertiary/aromatic N) is 2. The Kier molecular flexibility index (Phi) is 4.29. The van der Waals surface area contributed by atoms with E-state index < -0.39 is 0 Å². The lowest BCUT2D eigenvalue weighted by Gasteiger charge is -2.17. The van der Waals surface area contributed by atoms with E-state index in [1.54, 1.807) is 6.07 Å². The molecule has 0 fully saturated rings. The number of halogens is 1. The smallest absolute Gasteiger partial charge is 0.137 e. The fraction of sp³-hybridized carbons (Fsp3) is 0.375. The summed E-state index contributed by atoms with van der Waals surface area (Å²) < 4.78 is 0. The van der Waals surface area contributed by atoms with Crippen molar-refractivity contribution in [1.82, 2.24) is 9.97 Å². The second-order valence-corrected chi connectivity index (χ2v) is 6.38. The van der Waals surface area contributed by atoms with Crippen LogP contribution in [0.3, 0.4) is 0 Å². The maximum absolute atomic E-state index is 6.07. The van der Waals surface area contributed by atoms with Gasteiger partial charge in [0.15, 0.2) is 0 Å². The molecule has 0 saturated carbocycles. The van der Waals surface area contributed by atoms with Gasteiger partial charge in [-0.2, -0.15) is 0 Å². The number of anilines is 1. The van der Waals surface area contributed by atoms with E-state index in [0.717, 1.165) is 18.2 Å². The minimum atomic E-state index is -0.120. The van der Waals surface area contributed by atoms with Crippen LogP contribution in [-0.2, 0) is 12.0 Å². The van der Waals surface area contributed by atoms with Gasteiger partial charge in [0.25, 0.3) is 0 Å². The number of hydrogen-bond acceptors (Lipinski definition) is 3. The first kappa shape index (κ1) is 14.8. The molecule has 20 heavy (non-hydrogen) atoms. The van der Waals surface area contributed by atoms with Gasteiger partial charge in [-0.25, -0.2) is 9.97 Å². The summed E-state index contributed by atoms with van der Waals surface area (Å²) >= 11 is 6.07. The molecule has 1 aromatic carbocycles. The zero-order chi connectivity index (χ0) is 14.8. The molecule has 2 rings (SSSR count). The van der Waals surface area contributed by atoms with E-state index in [2.05, 4.69) is 67.2 Å². The van der Waals surface area contributed by atoms with Gasteiger partial charge >= 0.3 is 0 Å². The molecular formula is C16H20ClN3. The van der Waals surface area contributed by atoms with Crippen molar-refractivity contribution in [2.24, 2.45) is 0 Å². The van der Waals surface area contributed by atoms with Crippen LogP contribution in [0.4, 0.5) is 5.82 Å².